The van der Waals surface area contributed by atoms with E-state index in [2.05, 4.69) is 18.3 Å². The van der Waals surface area contributed by atoms with Gasteiger partial charge in [0.25, 0.3) is 0 Å². The van der Waals surface area contributed by atoms with Gasteiger partial charge in [-0.2, -0.15) is 5.26 Å². The van der Waals surface area contributed by atoms with E-state index < -0.39 is 0 Å². The number of nitriles is 1. The highest BCUT2D eigenvalue weighted by Crippen LogP contribution is 2.31. The molecule has 102 valence electrons. The van der Waals surface area contributed by atoms with Crippen LogP contribution in [0.25, 0.3) is 0 Å². The van der Waals surface area contributed by atoms with Gasteiger partial charge in [0.2, 0.25) is 0 Å². The van der Waals surface area contributed by atoms with Crippen molar-refractivity contribution in [3.63, 3.8) is 0 Å². The van der Waals surface area contributed by atoms with E-state index in [0.717, 1.165) is 24.1 Å². The molecular formula is C16H21ClN2. The monoisotopic (exact) mass is 276 g/mol. The lowest BCUT2D eigenvalue weighted by atomic mass is 9.81. The molecular weight excluding hydrogens is 256 g/mol. The Balaban J connectivity index is 1.89. The van der Waals surface area contributed by atoms with Gasteiger partial charge in [-0.15, -0.1) is 0 Å². The first-order chi connectivity index (χ1) is 9.22. The molecule has 0 aromatic heterocycles. The van der Waals surface area contributed by atoms with Gasteiger partial charge in [0, 0.05) is 11.6 Å². The molecule has 1 aliphatic rings. The van der Waals surface area contributed by atoms with Crippen molar-refractivity contribution < 1.29 is 0 Å². The highest BCUT2D eigenvalue weighted by Gasteiger charge is 2.19. The fraction of sp³-hybridized carbons (Fsp3) is 0.562. The molecule has 3 heteroatoms. The lowest BCUT2D eigenvalue weighted by Gasteiger charge is -2.28. The van der Waals surface area contributed by atoms with Crippen LogP contribution < -0.4 is 5.32 Å². The summed E-state index contributed by atoms with van der Waals surface area (Å²) in [5.74, 6) is 1.66. The van der Waals surface area contributed by atoms with Crippen LogP contribution in [0.15, 0.2) is 18.2 Å². The Kier molecular flexibility index (Phi) is 5.10. The molecule has 0 spiro atoms. The summed E-state index contributed by atoms with van der Waals surface area (Å²) in [6.45, 7) is 3.24. The Bertz CT molecular complexity index is 456. The second-order valence-corrected chi connectivity index (χ2v) is 5.91. The number of nitrogens with zero attached hydrogens (tertiary/aromatic N) is 1. The summed E-state index contributed by atoms with van der Waals surface area (Å²) in [5.41, 5.74) is 1.54. The average Bonchev–Trinajstić information content (AvgIpc) is 2.46. The van der Waals surface area contributed by atoms with E-state index in [-0.39, 0.29) is 0 Å². The SMILES string of the molecule is CCC1CCC(CNc2cc(Cl)ccc2C#N)CC1. The Morgan fingerprint density at radius 2 is 1.95 bits per heavy atom. The molecule has 0 bridgehead atoms. The molecule has 0 unspecified atom stereocenters. The zero-order chi connectivity index (χ0) is 13.7. The molecule has 1 aromatic carbocycles. The van der Waals surface area contributed by atoms with Crippen molar-refractivity contribution in [1.29, 1.82) is 5.26 Å². The second kappa shape index (κ2) is 6.82. The van der Waals surface area contributed by atoms with E-state index in [1.54, 1.807) is 12.1 Å². The Morgan fingerprint density at radius 1 is 1.26 bits per heavy atom. The van der Waals surface area contributed by atoms with Crippen LogP contribution in [0.2, 0.25) is 5.02 Å². The number of rotatable bonds is 4. The van der Waals surface area contributed by atoms with E-state index >= 15 is 0 Å². The topological polar surface area (TPSA) is 35.8 Å². The molecule has 0 amide bonds. The zero-order valence-electron chi connectivity index (χ0n) is 11.5. The summed E-state index contributed by atoms with van der Waals surface area (Å²) in [5, 5.41) is 13.2. The maximum absolute atomic E-state index is 9.08. The van der Waals surface area contributed by atoms with Crippen LogP contribution in [0.5, 0.6) is 0 Å². The largest absolute Gasteiger partial charge is 0.384 e. The summed E-state index contributed by atoms with van der Waals surface area (Å²) >= 11 is 5.98. The molecule has 1 aliphatic carbocycles. The number of hydrogen-bond donors (Lipinski definition) is 1. The molecule has 1 N–H and O–H groups in total. The molecule has 19 heavy (non-hydrogen) atoms. The molecule has 1 aromatic rings. The zero-order valence-corrected chi connectivity index (χ0v) is 12.2. The first-order valence-corrected chi connectivity index (χ1v) is 7.54. The Labute approximate surface area is 120 Å². The molecule has 1 saturated carbocycles. The summed E-state index contributed by atoms with van der Waals surface area (Å²) in [6, 6.07) is 7.59. The fourth-order valence-corrected chi connectivity index (χ4v) is 3.03. The third kappa shape index (κ3) is 3.88. The van der Waals surface area contributed by atoms with Crippen LogP contribution in [-0.2, 0) is 0 Å². The predicted octanol–water partition coefficient (Wildman–Crippen LogP) is 4.84. The van der Waals surface area contributed by atoms with Crippen LogP contribution >= 0.6 is 11.6 Å². The lowest BCUT2D eigenvalue weighted by Crippen LogP contribution is -2.21. The van der Waals surface area contributed by atoms with Gasteiger partial charge in [-0.25, -0.2) is 0 Å². The highest BCUT2D eigenvalue weighted by molar-refractivity contribution is 6.30. The van der Waals surface area contributed by atoms with Gasteiger partial charge < -0.3 is 5.32 Å². The van der Waals surface area contributed by atoms with Gasteiger partial charge in [0.1, 0.15) is 6.07 Å². The third-order valence-electron chi connectivity index (χ3n) is 4.23. The molecule has 0 radical (unpaired) electrons. The standard InChI is InChI=1S/C16H21ClN2/c1-2-12-3-5-13(6-4-12)11-19-16-9-15(17)8-7-14(16)10-18/h7-9,12-13,19H,2-6,11H2,1H3. The number of halogens is 1. The Morgan fingerprint density at radius 3 is 2.58 bits per heavy atom. The summed E-state index contributed by atoms with van der Waals surface area (Å²) in [6.07, 6.45) is 6.61. The van der Waals surface area contributed by atoms with Gasteiger partial charge in [-0.3, -0.25) is 0 Å². The van der Waals surface area contributed by atoms with Crippen molar-refractivity contribution in [2.24, 2.45) is 11.8 Å². The summed E-state index contributed by atoms with van der Waals surface area (Å²) < 4.78 is 0. The quantitative estimate of drug-likeness (QED) is 0.854. The van der Waals surface area contributed by atoms with E-state index in [0.29, 0.717) is 10.6 Å². The van der Waals surface area contributed by atoms with Crippen molar-refractivity contribution in [2.75, 3.05) is 11.9 Å². The van der Waals surface area contributed by atoms with Crippen LogP contribution in [-0.4, -0.2) is 6.54 Å². The van der Waals surface area contributed by atoms with Crippen LogP contribution in [0.4, 0.5) is 5.69 Å². The minimum Gasteiger partial charge on any atom is -0.384 e. The summed E-state index contributed by atoms with van der Waals surface area (Å²) in [4.78, 5) is 0. The summed E-state index contributed by atoms with van der Waals surface area (Å²) in [7, 11) is 0. The molecule has 0 aliphatic heterocycles. The lowest BCUT2D eigenvalue weighted by molar-refractivity contribution is 0.278. The predicted molar refractivity (Wildman–Crippen MR) is 80.4 cm³/mol. The van der Waals surface area contributed by atoms with Crippen molar-refractivity contribution in [2.45, 2.75) is 39.0 Å². The van der Waals surface area contributed by atoms with Crippen LogP contribution in [0.3, 0.4) is 0 Å². The average molecular weight is 277 g/mol. The third-order valence-corrected chi connectivity index (χ3v) is 4.46. The molecule has 2 nitrogen and oxygen atoms in total. The first kappa shape index (κ1) is 14.2. The van der Waals surface area contributed by atoms with Gasteiger partial charge >= 0.3 is 0 Å². The molecule has 1 fully saturated rings. The van der Waals surface area contributed by atoms with Crippen LogP contribution in [0, 0.1) is 23.2 Å². The normalized spacial score (nSPS) is 22.8. The van der Waals surface area contributed by atoms with E-state index in [1.165, 1.54) is 32.1 Å². The van der Waals surface area contributed by atoms with Gasteiger partial charge in [-0.05, 0) is 42.9 Å². The molecule has 0 atom stereocenters. The highest BCUT2D eigenvalue weighted by atomic mass is 35.5. The number of benzene rings is 1. The van der Waals surface area contributed by atoms with Gasteiger partial charge in [-0.1, -0.05) is 37.8 Å². The smallest absolute Gasteiger partial charge is 0.101 e. The van der Waals surface area contributed by atoms with Crippen molar-refractivity contribution in [3.8, 4) is 6.07 Å². The number of nitrogens with one attached hydrogen (secondary N) is 1. The number of anilines is 1. The molecule has 0 saturated heterocycles. The fourth-order valence-electron chi connectivity index (χ4n) is 2.86. The van der Waals surface area contributed by atoms with Crippen molar-refractivity contribution >= 4 is 17.3 Å². The number of hydrogen-bond acceptors (Lipinski definition) is 2. The van der Waals surface area contributed by atoms with E-state index in [1.807, 2.05) is 6.07 Å². The van der Waals surface area contributed by atoms with Gasteiger partial charge in [0.15, 0.2) is 0 Å². The van der Waals surface area contributed by atoms with E-state index in [9.17, 15) is 0 Å². The maximum Gasteiger partial charge on any atom is 0.101 e. The minimum atomic E-state index is 0.673. The Hall–Kier alpha value is -1.20. The maximum atomic E-state index is 9.08. The van der Waals surface area contributed by atoms with E-state index in [4.69, 9.17) is 16.9 Å². The molecule has 0 heterocycles. The van der Waals surface area contributed by atoms with Gasteiger partial charge in [0.05, 0.1) is 11.3 Å². The second-order valence-electron chi connectivity index (χ2n) is 5.48. The minimum absolute atomic E-state index is 0.673. The van der Waals surface area contributed by atoms with Crippen molar-refractivity contribution in [3.05, 3.63) is 28.8 Å². The van der Waals surface area contributed by atoms with Crippen molar-refractivity contribution in [1.82, 2.24) is 0 Å². The van der Waals surface area contributed by atoms with Crippen LogP contribution in [0.1, 0.15) is 44.6 Å². The molecule has 2 rings (SSSR count). The first-order valence-electron chi connectivity index (χ1n) is 7.16.